The summed E-state index contributed by atoms with van der Waals surface area (Å²) in [6.45, 7) is -0.225. The molecule has 1 aromatic heterocycles. The monoisotopic (exact) mass is 287 g/mol. The Morgan fingerprint density at radius 3 is 2.86 bits per heavy atom. The summed E-state index contributed by atoms with van der Waals surface area (Å²) >= 11 is 0. The van der Waals surface area contributed by atoms with Gasteiger partial charge in [0.05, 0.1) is 19.0 Å². The molecule has 0 aliphatic carbocycles. The van der Waals surface area contributed by atoms with Gasteiger partial charge in [0, 0.05) is 0 Å². The highest BCUT2D eigenvalue weighted by atomic mass is 16.3. The number of nitrogens with zero attached hydrogens (tertiary/aromatic N) is 1. The van der Waals surface area contributed by atoms with Crippen LogP contribution in [0.1, 0.15) is 16.1 Å². The number of hydrazone groups is 1. The Kier molecular flexibility index (Phi) is 4.70. The van der Waals surface area contributed by atoms with Crippen molar-refractivity contribution in [3.05, 3.63) is 54.0 Å². The summed E-state index contributed by atoms with van der Waals surface area (Å²) in [5.74, 6) is -0.722. The van der Waals surface area contributed by atoms with Crippen LogP contribution in [0.25, 0.3) is 0 Å². The van der Waals surface area contributed by atoms with Gasteiger partial charge in [-0.3, -0.25) is 9.59 Å². The first kappa shape index (κ1) is 14.3. The van der Waals surface area contributed by atoms with Gasteiger partial charge in [-0.05, 0) is 29.8 Å². The van der Waals surface area contributed by atoms with E-state index in [1.807, 2.05) is 0 Å². The molecule has 0 aliphatic rings. The predicted octanol–water partition coefficient (Wildman–Crippen LogP) is 0.865. The molecular formula is C14H13N3O4. The van der Waals surface area contributed by atoms with Gasteiger partial charge in [0.1, 0.15) is 5.75 Å². The number of carbonyl (C=O) groups is 2. The lowest BCUT2D eigenvalue weighted by atomic mass is 10.2. The molecule has 2 rings (SSSR count). The fourth-order valence-corrected chi connectivity index (χ4v) is 1.48. The van der Waals surface area contributed by atoms with E-state index in [-0.39, 0.29) is 18.1 Å². The van der Waals surface area contributed by atoms with Crippen molar-refractivity contribution in [2.24, 2.45) is 5.10 Å². The fourth-order valence-electron chi connectivity index (χ4n) is 1.48. The van der Waals surface area contributed by atoms with Gasteiger partial charge in [-0.25, -0.2) is 5.43 Å². The number of phenolic OH excluding ortho intramolecular Hbond substituents is 1. The van der Waals surface area contributed by atoms with Gasteiger partial charge in [-0.2, -0.15) is 5.10 Å². The van der Waals surface area contributed by atoms with Crippen molar-refractivity contribution in [3.8, 4) is 5.75 Å². The van der Waals surface area contributed by atoms with E-state index < -0.39 is 11.8 Å². The molecule has 0 radical (unpaired) electrons. The molecule has 21 heavy (non-hydrogen) atoms. The van der Waals surface area contributed by atoms with E-state index in [1.54, 1.807) is 18.2 Å². The zero-order chi connectivity index (χ0) is 15.1. The third-order valence-corrected chi connectivity index (χ3v) is 2.43. The van der Waals surface area contributed by atoms with E-state index in [1.165, 1.54) is 30.7 Å². The van der Waals surface area contributed by atoms with Crippen molar-refractivity contribution in [2.45, 2.75) is 0 Å². The molecule has 2 aromatic rings. The van der Waals surface area contributed by atoms with Crippen molar-refractivity contribution in [1.82, 2.24) is 10.7 Å². The molecule has 0 spiro atoms. The van der Waals surface area contributed by atoms with Crippen LogP contribution < -0.4 is 10.7 Å². The lowest BCUT2D eigenvalue weighted by molar-refractivity contribution is -0.120. The molecule has 2 amide bonds. The number of nitrogens with one attached hydrogen (secondary N) is 2. The molecule has 108 valence electrons. The zero-order valence-electron chi connectivity index (χ0n) is 10.9. The minimum absolute atomic E-state index is 0.107. The van der Waals surface area contributed by atoms with Crippen LogP contribution in [0.15, 0.2) is 52.2 Å². The molecular weight excluding hydrogens is 274 g/mol. The zero-order valence-corrected chi connectivity index (χ0v) is 10.9. The summed E-state index contributed by atoms with van der Waals surface area (Å²) in [6, 6.07) is 9.46. The lowest BCUT2D eigenvalue weighted by Crippen LogP contribution is -2.34. The van der Waals surface area contributed by atoms with Crippen LogP contribution in [-0.4, -0.2) is 29.7 Å². The summed E-state index contributed by atoms with van der Waals surface area (Å²) in [4.78, 5) is 22.9. The number of rotatable bonds is 5. The molecule has 1 aromatic carbocycles. The van der Waals surface area contributed by atoms with Gasteiger partial charge in [-0.15, -0.1) is 0 Å². The van der Waals surface area contributed by atoms with E-state index in [9.17, 15) is 14.7 Å². The largest absolute Gasteiger partial charge is 0.508 e. The Balaban J connectivity index is 1.76. The van der Waals surface area contributed by atoms with Crippen LogP contribution in [0.4, 0.5) is 0 Å². The second-order valence-electron chi connectivity index (χ2n) is 4.05. The Morgan fingerprint density at radius 1 is 1.29 bits per heavy atom. The molecule has 0 saturated heterocycles. The average Bonchev–Trinajstić information content (AvgIpc) is 2.99. The summed E-state index contributed by atoms with van der Waals surface area (Å²) in [5, 5.41) is 15.3. The summed E-state index contributed by atoms with van der Waals surface area (Å²) < 4.78 is 4.88. The highest BCUT2D eigenvalue weighted by Gasteiger charge is 2.09. The molecule has 7 heteroatoms. The van der Waals surface area contributed by atoms with Crippen molar-refractivity contribution in [3.63, 3.8) is 0 Å². The number of aromatic hydroxyl groups is 1. The molecule has 0 bridgehead atoms. The van der Waals surface area contributed by atoms with Crippen LogP contribution >= 0.6 is 0 Å². The number of phenols is 1. The number of hydrogen-bond acceptors (Lipinski definition) is 5. The molecule has 7 nitrogen and oxygen atoms in total. The minimum atomic E-state index is -0.480. The fraction of sp³-hybridized carbons (Fsp3) is 0.0714. The smallest absolute Gasteiger partial charge is 0.287 e. The van der Waals surface area contributed by atoms with Gasteiger partial charge in [-0.1, -0.05) is 12.1 Å². The Bertz CT molecular complexity index is 650. The number of carbonyl (C=O) groups excluding carboxylic acids is 2. The SMILES string of the molecule is O=C(CNC(=O)c1ccco1)N/N=C/c1cccc(O)c1. The third-order valence-electron chi connectivity index (χ3n) is 2.43. The van der Waals surface area contributed by atoms with Crippen LogP contribution in [0.5, 0.6) is 5.75 Å². The Labute approximate surface area is 120 Å². The van der Waals surface area contributed by atoms with Gasteiger partial charge in [0.25, 0.3) is 11.8 Å². The average molecular weight is 287 g/mol. The van der Waals surface area contributed by atoms with E-state index in [4.69, 9.17) is 4.42 Å². The first-order valence-electron chi connectivity index (χ1n) is 6.08. The number of hydrogen-bond donors (Lipinski definition) is 3. The van der Waals surface area contributed by atoms with Crippen LogP contribution in [0.2, 0.25) is 0 Å². The van der Waals surface area contributed by atoms with Gasteiger partial charge in [0.2, 0.25) is 0 Å². The van der Waals surface area contributed by atoms with Gasteiger partial charge >= 0.3 is 0 Å². The number of amides is 2. The predicted molar refractivity (Wildman–Crippen MR) is 74.9 cm³/mol. The van der Waals surface area contributed by atoms with Crippen molar-refractivity contribution in [1.29, 1.82) is 0 Å². The van der Waals surface area contributed by atoms with Crippen LogP contribution in [0, 0.1) is 0 Å². The molecule has 0 fully saturated rings. The highest BCUT2D eigenvalue weighted by molar-refractivity contribution is 5.94. The maximum absolute atomic E-state index is 11.5. The molecule has 0 aliphatic heterocycles. The van der Waals surface area contributed by atoms with Crippen LogP contribution in [0.3, 0.4) is 0 Å². The molecule has 3 N–H and O–H groups in total. The topological polar surface area (TPSA) is 104 Å². The highest BCUT2D eigenvalue weighted by Crippen LogP contribution is 2.08. The first-order chi connectivity index (χ1) is 10.1. The molecule has 1 heterocycles. The first-order valence-corrected chi connectivity index (χ1v) is 6.08. The van der Waals surface area contributed by atoms with Gasteiger partial charge in [0.15, 0.2) is 5.76 Å². The van der Waals surface area contributed by atoms with Crippen molar-refractivity contribution >= 4 is 18.0 Å². The quantitative estimate of drug-likeness (QED) is 0.560. The summed E-state index contributed by atoms with van der Waals surface area (Å²) in [7, 11) is 0. The molecule has 0 saturated carbocycles. The van der Waals surface area contributed by atoms with Gasteiger partial charge < -0.3 is 14.8 Å². The van der Waals surface area contributed by atoms with Crippen molar-refractivity contribution in [2.75, 3.05) is 6.54 Å². The number of benzene rings is 1. The second-order valence-corrected chi connectivity index (χ2v) is 4.05. The van der Waals surface area contributed by atoms with E-state index >= 15 is 0 Å². The maximum atomic E-state index is 11.5. The Hall–Kier alpha value is -3.09. The van der Waals surface area contributed by atoms with E-state index in [0.29, 0.717) is 5.56 Å². The normalized spacial score (nSPS) is 10.5. The van der Waals surface area contributed by atoms with Crippen LogP contribution in [-0.2, 0) is 4.79 Å². The standard InChI is InChI=1S/C14H13N3O4/c18-11-4-1-3-10(7-11)8-16-17-13(19)9-15-14(20)12-5-2-6-21-12/h1-8,18H,9H2,(H,15,20)(H,17,19)/b16-8+. The third kappa shape index (κ3) is 4.50. The minimum Gasteiger partial charge on any atom is -0.508 e. The molecule has 0 atom stereocenters. The number of furan rings is 1. The van der Waals surface area contributed by atoms with Crippen molar-refractivity contribution < 1.29 is 19.1 Å². The molecule has 0 unspecified atom stereocenters. The lowest BCUT2D eigenvalue weighted by Gasteiger charge is -2.01. The summed E-state index contributed by atoms with van der Waals surface area (Å²) in [5.41, 5.74) is 2.89. The van der Waals surface area contributed by atoms with E-state index in [2.05, 4.69) is 15.8 Å². The second kappa shape index (κ2) is 6.90. The summed E-state index contributed by atoms with van der Waals surface area (Å²) in [6.07, 6.45) is 2.75. The Morgan fingerprint density at radius 2 is 2.14 bits per heavy atom. The maximum Gasteiger partial charge on any atom is 0.287 e. The van der Waals surface area contributed by atoms with E-state index in [0.717, 1.165) is 0 Å².